The number of likely N-dealkylation sites (N-methyl/N-ethyl adjacent to an activating group) is 1. The van der Waals surface area contributed by atoms with Crippen molar-refractivity contribution in [3.63, 3.8) is 0 Å². The highest BCUT2D eigenvalue weighted by Gasteiger charge is 2.28. The quantitative estimate of drug-likeness (QED) is 0.795. The lowest BCUT2D eigenvalue weighted by Gasteiger charge is -2.37. The average molecular weight is 227 g/mol. The number of rotatable bonds is 3. The first-order chi connectivity index (χ1) is 7.77. The van der Waals surface area contributed by atoms with Crippen molar-refractivity contribution >= 4 is 0 Å². The average Bonchev–Trinajstić information content (AvgIpc) is 2.31. The minimum Gasteiger partial charge on any atom is -0.391 e. The Bertz CT molecular complexity index is 204. The predicted octanol–water partition coefficient (Wildman–Crippen LogP) is 1.65. The van der Waals surface area contributed by atoms with Crippen LogP contribution in [0, 0.1) is 5.92 Å². The highest BCUT2D eigenvalue weighted by Crippen LogP contribution is 2.25. The van der Waals surface area contributed by atoms with Crippen LogP contribution in [0.3, 0.4) is 0 Å². The van der Waals surface area contributed by atoms with Crippen molar-refractivity contribution in [3.8, 4) is 0 Å². The number of aliphatic hydroxyl groups excluding tert-OH is 1. The minimum absolute atomic E-state index is 0.192. The highest BCUT2D eigenvalue weighted by atomic mass is 16.5. The van der Waals surface area contributed by atoms with E-state index in [2.05, 4.69) is 11.9 Å². The van der Waals surface area contributed by atoms with Crippen LogP contribution in [-0.2, 0) is 4.74 Å². The molecule has 1 aliphatic carbocycles. The SMILES string of the molecule is CN(CC1CCCCC1)C1COCCC1O. The molecule has 94 valence electrons. The lowest BCUT2D eigenvalue weighted by Crippen LogP contribution is -2.49. The number of aliphatic hydroxyl groups is 1. The van der Waals surface area contributed by atoms with Crippen LogP contribution in [0.5, 0.6) is 0 Å². The van der Waals surface area contributed by atoms with Crippen LogP contribution in [0.15, 0.2) is 0 Å². The van der Waals surface area contributed by atoms with Crippen LogP contribution in [-0.4, -0.2) is 49.0 Å². The second kappa shape index (κ2) is 5.99. The minimum atomic E-state index is -0.192. The summed E-state index contributed by atoms with van der Waals surface area (Å²) in [4.78, 5) is 2.32. The van der Waals surface area contributed by atoms with E-state index >= 15 is 0 Å². The standard InChI is InChI=1S/C13H25NO2/c1-14(9-11-5-3-2-4-6-11)12-10-16-8-7-13(12)15/h11-13,15H,2-10H2,1H3. The van der Waals surface area contributed by atoms with E-state index in [-0.39, 0.29) is 12.1 Å². The van der Waals surface area contributed by atoms with Crippen molar-refractivity contribution in [1.82, 2.24) is 4.90 Å². The molecule has 2 unspecified atom stereocenters. The molecule has 1 saturated carbocycles. The van der Waals surface area contributed by atoms with E-state index in [9.17, 15) is 5.11 Å². The monoisotopic (exact) mass is 227 g/mol. The zero-order valence-electron chi connectivity index (χ0n) is 10.4. The van der Waals surface area contributed by atoms with Gasteiger partial charge in [-0.05, 0) is 32.2 Å². The Hall–Kier alpha value is -0.120. The topological polar surface area (TPSA) is 32.7 Å². The molecule has 2 atom stereocenters. The summed E-state index contributed by atoms with van der Waals surface area (Å²) < 4.78 is 5.46. The van der Waals surface area contributed by atoms with E-state index in [4.69, 9.17) is 4.74 Å². The highest BCUT2D eigenvalue weighted by molar-refractivity contribution is 4.82. The first-order valence-corrected chi connectivity index (χ1v) is 6.73. The van der Waals surface area contributed by atoms with Crippen LogP contribution >= 0.6 is 0 Å². The Labute approximate surface area is 98.8 Å². The van der Waals surface area contributed by atoms with E-state index in [0.29, 0.717) is 6.61 Å². The van der Waals surface area contributed by atoms with Crippen molar-refractivity contribution in [2.75, 3.05) is 26.8 Å². The van der Waals surface area contributed by atoms with Crippen LogP contribution < -0.4 is 0 Å². The van der Waals surface area contributed by atoms with E-state index in [1.807, 2.05) is 0 Å². The molecule has 0 radical (unpaired) electrons. The summed E-state index contributed by atoms with van der Waals surface area (Å²) in [5, 5.41) is 9.95. The number of nitrogens with zero attached hydrogens (tertiary/aromatic N) is 1. The summed E-state index contributed by atoms with van der Waals surface area (Å²) in [6.45, 7) is 2.55. The number of ether oxygens (including phenoxy) is 1. The smallest absolute Gasteiger partial charge is 0.0739 e. The summed E-state index contributed by atoms with van der Waals surface area (Å²) in [6.07, 6.45) is 7.53. The molecule has 3 heteroatoms. The molecule has 0 aromatic carbocycles. The molecule has 1 saturated heterocycles. The third-order valence-corrected chi connectivity index (χ3v) is 4.13. The molecule has 2 fully saturated rings. The second-order valence-electron chi connectivity index (χ2n) is 5.44. The molecule has 1 heterocycles. The van der Waals surface area contributed by atoms with Crippen molar-refractivity contribution in [1.29, 1.82) is 0 Å². The van der Waals surface area contributed by atoms with Gasteiger partial charge in [0.25, 0.3) is 0 Å². The van der Waals surface area contributed by atoms with Crippen molar-refractivity contribution < 1.29 is 9.84 Å². The predicted molar refractivity (Wildman–Crippen MR) is 64.4 cm³/mol. The van der Waals surface area contributed by atoms with Crippen LogP contribution in [0.4, 0.5) is 0 Å². The molecule has 0 aromatic rings. The van der Waals surface area contributed by atoms with Crippen LogP contribution in [0.25, 0.3) is 0 Å². The Kier molecular flexibility index (Phi) is 4.62. The van der Waals surface area contributed by atoms with Gasteiger partial charge in [-0.3, -0.25) is 4.90 Å². The van der Waals surface area contributed by atoms with Gasteiger partial charge in [0.15, 0.2) is 0 Å². The fourth-order valence-electron chi connectivity index (χ4n) is 3.04. The van der Waals surface area contributed by atoms with E-state index < -0.39 is 0 Å². The van der Waals surface area contributed by atoms with Gasteiger partial charge in [0.1, 0.15) is 0 Å². The van der Waals surface area contributed by atoms with Gasteiger partial charge in [-0.15, -0.1) is 0 Å². The van der Waals surface area contributed by atoms with E-state index in [1.54, 1.807) is 0 Å². The van der Waals surface area contributed by atoms with Crippen molar-refractivity contribution in [3.05, 3.63) is 0 Å². The molecule has 1 aliphatic heterocycles. The Morgan fingerprint density at radius 3 is 2.62 bits per heavy atom. The first kappa shape index (κ1) is 12.3. The Morgan fingerprint density at radius 2 is 1.94 bits per heavy atom. The van der Waals surface area contributed by atoms with Crippen LogP contribution in [0.1, 0.15) is 38.5 Å². The molecule has 0 aromatic heterocycles. The zero-order chi connectivity index (χ0) is 11.4. The molecular weight excluding hydrogens is 202 g/mol. The van der Waals surface area contributed by atoms with Gasteiger partial charge in [0.2, 0.25) is 0 Å². The van der Waals surface area contributed by atoms with Gasteiger partial charge >= 0.3 is 0 Å². The van der Waals surface area contributed by atoms with Gasteiger partial charge in [0, 0.05) is 13.2 Å². The molecule has 1 N–H and O–H groups in total. The summed E-state index contributed by atoms with van der Waals surface area (Å²) >= 11 is 0. The first-order valence-electron chi connectivity index (χ1n) is 6.73. The molecule has 0 spiro atoms. The maximum atomic E-state index is 9.95. The maximum absolute atomic E-state index is 9.95. The van der Waals surface area contributed by atoms with E-state index in [0.717, 1.165) is 25.5 Å². The molecule has 16 heavy (non-hydrogen) atoms. The fraction of sp³-hybridized carbons (Fsp3) is 1.00. The molecule has 2 aliphatic rings. The van der Waals surface area contributed by atoms with Gasteiger partial charge < -0.3 is 9.84 Å². The van der Waals surface area contributed by atoms with Crippen molar-refractivity contribution in [2.24, 2.45) is 5.92 Å². The molecular formula is C13H25NO2. The molecule has 0 bridgehead atoms. The third kappa shape index (κ3) is 3.19. The second-order valence-corrected chi connectivity index (χ2v) is 5.44. The van der Waals surface area contributed by atoms with Gasteiger partial charge in [0.05, 0.1) is 18.8 Å². The number of hydrogen-bond acceptors (Lipinski definition) is 3. The largest absolute Gasteiger partial charge is 0.391 e. The van der Waals surface area contributed by atoms with Gasteiger partial charge in [-0.2, -0.15) is 0 Å². The van der Waals surface area contributed by atoms with E-state index in [1.165, 1.54) is 32.1 Å². The van der Waals surface area contributed by atoms with Gasteiger partial charge in [-0.25, -0.2) is 0 Å². The summed E-state index contributed by atoms with van der Waals surface area (Å²) in [5.74, 6) is 0.841. The summed E-state index contributed by atoms with van der Waals surface area (Å²) in [7, 11) is 2.14. The zero-order valence-corrected chi connectivity index (χ0v) is 10.4. The molecule has 3 nitrogen and oxygen atoms in total. The van der Waals surface area contributed by atoms with Crippen LogP contribution in [0.2, 0.25) is 0 Å². The molecule has 0 amide bonds. The Morgan fingerprint density at radius 1 is 1.19 bits per heavy atom. The number of hydrogen-bond donors (Lipinski definition) is 1. The maximum Gasteiger partial charge on any atom is 0.0739 e. The lowest BCUT2D eigenvalue weighted by molar-refractivity contribution is -0.0581. The fourth-order valence-corrected chi connectivity index (χ4v) is 3.04. The lowest BCUT2D eigenvalue weighted by atomic mass is 9.88. The Balaban J connectivity index is 1.78. The summed E-state index contributed by atoms with van der Waals surface area (Å²) in [6, 6.07) is 0.218. The summed E-state index contributed by atoms with van der Waals surface area (Å²) in [5.41, 5.74) is 0. The van der Waals surface area contributed by atoms with Crippen molar-refractivity contribution in [2.45, 2.75) is 50.7 Å². The third-order valence-electron chi connectivity index (χ3n) is 4.13. The van der Waals surface area contributed by atoms with Gasteiger partial charge in [-0.1, -0.05) is 19.3 Å². The molecule has 2 rings (SSSR count). The normalized spacial score (nSPS) is 33.2.